The molecule has 0 aliphatic heterocycles. The van der Waals surface area contributed by atoms with Gasteiger partial charge in [0.1, 0.15) is 0 Å². The Hall–Kier alpha value is -3.20. The van der Waals surface area contributed by atoms with Crippen LogP contribution in [0.15, 0.2) is 77.7 Å². The summed E-state index contributed by atoms with van der Waals surface area (Å²) in [6.07, 6.45) is 2.58. The van der Waals surface area contributed by atoms with Gasteiger partial charge in [0.05, 0.1) is 5.39 Å². The van der Waals surface area contributed by atoms with Crippen LogP contribution in [0, 0.1) is 6.92 Å². The number of rotatable bonds is 3. The van der Waals surface area contributed by atoms with E-state index in [9.17, 15) is 4.79 Å². The number of benzene rings is 2. The summed E-state index contributed by atoms with van der Waals surface area (Å²) in [5, 5.41) is 1.73. The van der Waals surface area contributed by atoms with Gasteiger partial charge in [-0.1, -0.05) is 43.3 Å². The molecule has 0 aliphatic rings. The topological polar surface area (TPSA) is 34.9 Å². The molecule has 2 aromatic heterocycles. The second-order valence-corrected chi connectivity index (χ2v) is 6.42. The van der Waals surface area contributed by atoms with Crippen molar-refractivity contribution in [2.24, 2.45) is 0 Å². The molecule has 0 saturated carbocycles. The molecule has 0 bridgehead atoms. The zero-order valence-electron chi connectivity index (χ0n) is 14.9. The van der Waals surface area contributed by atoms with E-state index >= 15 is 0 Å². The first-order valence-electron chi connectivity index (χ1n) is 8.85. The first kappa shape index (κ1) is 16.3. The first-order valence-corrected chi connectivity index (χ1v) is 8.85. The van der Waals surface area contributed by atoms with E-state index in [-0.39, 0.29) is 5.56 Å². The van der Waals surface area contributed by atoms with Crippen molar-refractivity contribution in [3.8, 4) is 16.8 Å². The molecule has 0 unspecified atom stereocenters. The molecule has 4 aromatic rings. The van der Waals surface area contributed by atoms with Gasteiger partial charge in [-0.05, 0) is 60.2 Å². The largest absolute Gasteiger partial charge is 0.281 e. The molecule has 3 heteroatoms. The molecule has 2 aromatic carbocycles. The number of para-hydroxylation sites is 1. The lowest BCUT2D eigenvalue weighted by molar-refractivity contribution is 0.889. The van der Waals surface area contributed by atoms with Crippen molar-refractivity contribution in [1.82, 2.24) is 9.55 Å². The van der Waals surface area contributed by atoms with Crippen molar-refractivity contribution in [3.63, 3.8) is 0 Å². The molecule has 0 spiro atoms. The highest BCUT2D eigenvalue weighted by Gasteiger charge is 2.14. The molecule has 0 amide bonds. The standard InChI is InChI=1S/C23H20N2O/c1-3-19-15-18-8-7-11-21(17-12-13-24-16(2)14-17)22(18)23(26)25(19)20-9-5-4-6-10-20/h4-15H,3H2,1-2H3. The van der Waals surface area contributed by atoms with Crippen LogP contribution in [0.25, 0.3) is 27.6 Å². The number of aromatic nitrogens is 2. The van der Waals surface area contributed by atoms with Crippen LogP contribution in [-0.4, -0.2) is 9.55 Å². The van der Waals surface area contributed by atoms with Crippen LogP contribution in [0.2, 0.25) is 0 Å². The summed E-state index contributed by atoms with van der Waals surface area (Å²) in [4.78, 5) is 17.8. The Balaban J connectivity index is 2.10. The second-order valence-electron chi connectivity index (χ2n) is 6.42. The van der Waals surface area contributed by atoms with Gasteiger partial charge in [-0.25, -0.2) is 0 Å². The van der Waals surface area contributed by atoms with Gasteiger partial charge in [0.15, 0.2) is 0 Å². The van der Waals surface area contributed by atoms with E-state index in [0.29, 0.717) is 0 Å². The van der Waals surface area contributed by atoms with Crippen LogP contribution in [0.3, 0.4) is 0 Å². The highest BCUT2D eigenvalue weighted by atomic mass is 16.1. The summed E-state index contributed by atoms with van der Waals surface area (Å²) >= 11 is 0. The van der Waals surface area contributed by atoms with Crippen LogP contribution in [0.1, 0.15) is 18.3 Å². The van der Waals surface area contributed by atoms with Gasteiger partial charge in [0.2, 0.25) is 0 Å². The predicted molar refractivity (Wildman–Crippen MR) is 107 cm³/mol. The Morgan fingerprint density at radius 2 is 1.77 bits per heavy atom. The number of nitrogens with zero attached hydrogens (tertiary/aromatic N) is 2. The van der Waals surface area contributed by atoms with Gasteiger partial charge in [0.25, 0.3) is 5.56 Å². The number of hydrogen-bond donors (Lipinski definition) is 0. The number of fused-ring (bicyclic) bond motifs is 1. The molecule has 0 fully saturated rings. The monoisotopic (exact) mass is 340 g/mol. The lowest BCUT2D eigenvalue weighted by atomic mass is 9.98. The van der Waals surface area contributed by atoms with Gasteiger partial charge < -0.3 is 0 Å². The van der Waals surface area contributed by atoms with Crippen LogP contribution < -0.4 is 5.56 Å². The zero-order chi connectivity index (χ0) is 18.1. The third kappa shape index (κ3) is 2.72. The summed E-state index contributed by atoms with van der Waals surface area (Å²) < 4.78 is 1.83. The SMILES string of the molecule is CCc1cc2cccc(-c3ccnc(C)c3)c2c(=O)n1-c1ccccc1. The highest BCUT2D eigenvalue weighted by Crippen LogP contribution is 2.28. The lowest BCUT2D eigenvalue weighted by Gasteiger charge is -2.15. The maximum absolute atomic E-state index is 13.5. The average Bonchev–Trinajstić information content (AvgIpc) is 2.68. The fourth-order valence-electron chi connectivity index (χ4n) is 3.49. The van der Waals surface area contributed by atoms with Crippen molar-refractivity contribution in [2.45, 2.75) is 20.3 Å². The molecule has 128 valence electrons. The van der Waals surface area contributed by atoms with Gasteiger partial charge in [-0.2, -0.15) is 0 Å². The Labute approximate surface area is 152 Å². The van der Waals surface area contributed by atoms with E-state index in [2.05, 4.69) is 18.0 Å². The van der Waals surface area contributed by atoms with E-state index in [1.54, 1.807) is 6.20 Å². The van der Waals surface area contributed by atoms with Crippen molar-refractivity contribution in [3.05, 3.63) is 94.7 Å². The first-order chi connectivity index (χ1) is 12.7. The molecule has 4 rings (SSSR count). The van der Waals surface area contributed by atoms with Crippen molar-refractivity contribution in [1.29, 1.82) is 0 Å². The Morgan fingerprint density at radius 3 is 2.50 bits per heavy atom. The molecule has 0 atom stereocenters. The van der Waals surface area contributed by atoms with E-state index in [1.807, 2.05) is 72.2 Å². The molecule has 3 nitrogen and oxygen atoms in total. The summed E-state index contributed by atoms with van der Waals surface area (Å²) in [6.45, 7) is 4.04. The Bertz CT molecular complexity index is 1140. The predicted octanol–water partition coefficient (Wildman–Crippen LogP) is 4.92. The van der Waals surface area contributed by atoms with Crippen LogP contribution >= 0.6 is 0 Å². The van der Waals surface area contributed by atoms with Crippen LogP contribution in [-0.2, 0) is 6.42 Å². The zero-order valence-corrected chi connectivity index (χ0v) is 14.9. The smallest absolute Gasteiger partial charge is 0.263 e. The van der Waals surface area contributed by atoms with Crippen LogP contribution in [0.4, 0.5) is 0 Å². The maximum atomic E-state index is 13.5. The quantitative estimate of drug-likeness (QED) is 0.530. The molecule has 26 heavy (non-hydrogen) atoms. The molecule has 2 heterocycles. The number of hydrogen-bond acceptors (Lipinski definition) is 2. The fraction of sp³-hybridized carbons (Fsp3) is 0.130. The van der Waals surface area contributed by atoms with Gasteiger partial charge in [-0.15, -0.1) is 0 Å². The number of pyridine rings is 2. The number of aryl methyl sites for hydroxylation is 2. The van der Waals surface area contributed by atoms with Gasteiger partial charge >= 0.3 is 0 Å². The normalized spacial score (nSPS) is 11.0. The van der Waals surface area contributed by atoms with E-state index in [0.717, 1.165) is 45.4 Å². The molecular formula is C23H20N2O. The summed E-state index contributed by atoms with van der Waals surface area (Å²) in [5.41, 5.74) is 4.84. The Kier molecular flexibility index (Phi) is 4.13. The Morgan fingerprint density at radius 1 is 0.962 bits per heavy atom. The molecule has 0 saturated heterocycles. The van der Waals surface area contributed by atoms with Crippen molar-refractivity contribution < 1.29 is 0 Å². The molecule has 0 N–H and O–H groups in total. The molecule has 0 aliphatic carbocycles. The third-order valence-electron chi connectivity index (χ3n) is 4.71. The van der Waals surface area contributed by atoms with E-state index < -0.39 is 0 Å². The third-order valence-corrected chi connectivity index (χ3v) is 4.71. The molecule has 0 radical (unpaired) electrons. The summed E-state index contributed by atoms with van der Waals surface area (Å²) in [5.74, 6) is 0. The molecular weight excluding hydrogens is 320 g/mol. The van der Waals surface area contributed by atoms with Gasteiger partial charge in [0, 0.05) is 23.3 Å². The van der Waals surface area contributed by atoms with Crippen LogP contribution in [0.5, 0.6) is 0 Å². The van der Waals surface area contributed by atoms with Crippen molar-refractivity contribution >= 4 is 10.8 Å². The van der Waals surface area contributed by atoms with Gasteiger partial charge in [-0.3, -0.25) is 14.3 Å². The minimum absolute atomic E-state index is 0.0237. The fourth-order valence-corrected chi connectivity index (χ4v) is 3.49. The minimum atomic E-state index is 0.0237. The second kappa shape index (κ2) is 6.60. The van der Waals surface area contributed by atoms with Crippen molar-refractivity contribution in [2.75, 3.05) is 0 Å². The summed E-state index contributed by atoms with van der Waals surface area (Å²) in [6, 6.07) is 22.0. The minimum Gasteiger partial charge on any atom is -0.281 e. The highest BCUT2D eigenvalue weighted by molar-refractivity contribution is 5.96. The average molecular weight is 340 g/mol. The maximum Gasteiger partial charge on any atom is 0.263 e. The lowest BCUT2D eigenvalue weighted by Crippen LogP contribution is -2.22. The van der Waals surface area contributed by atoms with E-state index in [1.165, 1.54) is 0 Å². The van der Waals surface area contributed by atoms with E-state index in [4.69, 9.17) is 0 Å². The summed E-state index contributed by atoms with van der Waals surface area (Å²) in [7, 11) is 0.